The van der Waals surface area contributed by atoms with Crippen LogP contribution in [0.4, 0.5) is 5.69 Å². The monoisotopic (exact) mass is 394 g/mol. The molecule has 3 heterocycles. The van der Waals surface area contributed by atoms with E-state index in [0.29, 0.717) is 23.5 Å². The smallest absolute Gasteiger partial charge is 0.292 e. The molecule has 0 aliphatic carbocycles. The third-order valence-electron chi connectivity index (χ3n) is 4.84. The molecule has 2 N–H and O–H groups in total. The van der Waals surface area contributed by atoms with E-state index >= 15 is 0 Å². The fraction of sp³-hybridized carbons (Fsp3) is 0.286. The minimum atomic E-state index is -0.436. The highest BCUT2D eigenvalue weighted by atomic mass is 16.5. The molecule has 1 fully saturated rings. The number of pyridine rings is 1. The first kappa shape index (κ1) is 18.9. The third kappa shape index (κ3) is 3.93. The first-order valence-electron chi connectivity index (χ1n) is 9.48. The Morgan fingerprint density at radius 1 is 1.21 bits per heavy atom. The van der Waals surface area contributed by atoms with E-state index in [4.69, 9.17) is 9.47 Å². The quantitative estimate of drug-likeness (QED) is 0.670. The van der Waals surface area contributed by atoms with Crippen molar-refractivity contribution in [3.63, 3.8) is 0 Å². The third-order valence-corrected chi connectivity index (χ3v) is 4.84. The van der Waals surface area contributed by atoms with Gasteiger partial charge in [-0.2, -0.15) is 0 Å². The molecule has 1 aromatic carbocycles. The summed E-state index contributed by atoms with van der Waals surface area (Å²) in [5.74, 6) is -0.112. The summed E-state index contributed by atoms with van der Waals surface area (Å²) in [6.45, 7) is 1.15. The van der Waals surface area contributed by atoms with E-state index in [1.807, 2.05) is 6.07 Å². The number of rotatable bonds is 6. The summed E-state index contributed by atoms with van der Waals surface area (Å²) < 4.78 is 12.4. The number of anilines is 1. The van der Waals surface area contributed by atoms with E-state index in [1.54, 1.807) is 47.0 Å². The lowest BCUT2D eigenvalue weighted by Crippen LogP contribution is -2.32. The number of methoxy groups -OCH3 is 1. The fourth-order valence-corrected chi connectivity index (χ4v) is 3.39. The van der Waals surface area contributed by atoms with Crippen molar-refractivity contribution in [3.05, 3.63) is 60.2 Å². The lowest BCUT2D eigenvalue weighted by Gasteiger charge is -2.09. The molecule has 2 amide bonds. The Kier molecular flexibility index (Phi) is 5.44. The summed E-state index contributed by atoms with van der Waals surface area (Å²) in [7, 11) is 1.53. The van der Waals surface area contributed by atoms with Crippen LogP contribution in [0.5, 0.6) is 5.75 Å². The Morgan fingerprint density at radius 3 is 2.83 bits per heavy atom. The largest absolute Gasteiger partial charge is 0.495 e. The highest BCUT2D eigenvalue weighted by Crippen LogP contribution is 2.24. The van der Waals surface area contributed by atoms with Crippen LogP contribution in [-0.4, -0.2) is 47.6 Å². The molecule has 8 nitrogen and oxygen atoms in total. The molecule has 3 aromatic rings. The fourth-order valence-electron chi connectivity index (χ4n) is 3.39. The first-order chi connectivity index (χ1) is 14.2. The molecule has 0 radical (unpaired) electrons. The number of carbonyl (C=O) groups excluding carboxylic acids is 2. The van der Waals surface area contributed by atoms with Crippen LogP contribution in [0.15, 0.2) is 48.7 Å². The second-order valence-electron chi connectivity index (χ2n) is 6.74. The van der Waals surface area contributed by atoms with E-state index in [-0.39, 0.29) is 23.5 Å². The van der Waals surface area contributed by atoms with Gasteiger partial charge in [-0.25, -0.2) is 4.98 Å². The minimum absolute atomic E-state index is 0.0288. The SMILES string of the molecule is COc1ccccc1NC(=O)c1nc(C(=O)NCC2CCCO2)c2ccccn12. The summed E-state index contributed by atoms with van der Waals surface area (Å²) in [5, 5.41) is 5.66. The molecule has 0 saturated carbocycles. The van der Waals surface area contributed by atoms with Gasteiger partial charge in [0.15, 0.2) is 5.69 Å². The normalized spacial score (nSPS) is 16.0. The van der Waals surface area contributed by atoms with Crippen molar-refractivity contribution in [2.24, 2.45) is 0 Å². The van der Waals surface area contributed by atoms with Gasteiger partial charge in [0, 0.05) is 19.3 Å². The van der Waals surface area contributed by atoms with Gasteiger partial charge in [-0.15, -0.1) is 0 Å². The molecule has 1 aliphatic rings. The van der Waals surface area contributed by atoms with Crippen LogP contribution in [0.2, 0.25) is 0 Å². The van der Waals surface area contributed by atoms with Crippen LogP contribution < -0.4 is 15.4 Å². The Hall–Kier alpha value is -3.39. The lowest BCUT2D eigenvalue weighted by molar-refractivity contribution is 0.0855. The molecule has 1 unspecified atom stereocenters. The minimum Gasteiger partial charge on any atom is -0.495 e. The van der Waals surface area contributed by atoms with E-state index in [2.05, 4.69) is 15.6 Å². The number of aromatic nitrogens is 2. The van der Waals surface area contributed by atoms with Crippen molar-refractivity contribution < 1.29 is 19.1 Å². The zero-order chi connectivity index (χ0) is 20.2. The molecule has 4 rings (SSSR count). The predicted octanol–water partition coefficient (Wildman–Crippen LogP) is 2.50. The maximum atomic E-state index is 12.9. The molecule has 0 spiro atoms. The number of benzene rings is 1. The van der Waals surface area contributed by atoms with Gasteiger partial charge in [0.1, 0.15) is 5.75 Å². The van der Waals surface area contributed by atoms with Crippen LogP contribution in [0.25, 0.3) is 5.52 Å². The van der Waals surface area contributed by atoms with Crippen molar-refractivity contribution in [1.29, 1.82) is 0 Å². The van der Waals surface area contributed by atoms with Crippen molar-refractivity contribution in [2.45, 2.75) is 18.9 Å². The van der Waals surface area contributed by atoms with Crippen molar-refractivity contribution in [3.8, 4) is 5.75 Å². The Bertz CT molecular complexity index is 1040. The lowest BCUT2D eigenvalue weighted by atomic mass is 10.2. The maximum Gasteiger partial charge on any atom is 0.292 e. The van der Waals surface area contributed by atoms with Crippen LogP contribution in [0.3, 0.4) is 0 Å². The van der Waals surface area contributed by atoms with Gasteiger partial charge in [0.25, 0.3) is 11.8 Å². The number of hydrogen-bond acceptors (Lipinski definition) is 5. The number of nitrogens with zero attached hydrogens (tertiary/aromatic N) is 2. The molecule has 1 atom stereocenters. The van der Waals surface area contributed by atoms with Crippen LogP contribution in [-0.2, 0) is 4.74 Å². The molecule has 2 aromatic heterocycles. The standard InChI is InChI=1S/C21H22N4O4/c1-28-17-10-3-2-8-15(17)23-21(27)19-24-18(16-9-4-5-11-25(16)19)20(26)22-13-14-7-6-12-29-14/h2-5,8-11,14H,6-7,12-13H2,1H3,(H,22,26)(H,23,27). The zero-order valence-electron chi connectivity index (χ0n) is 16.1. The number of amides is 2. The van der Waals surface area contributed by atoms with Gasteiger partial charge in [0.2, 0.25) is 5.82 Å². The van der Waals surface area contributed by atoms with Gasteiger partial charge in [-0.3, -0.25) is 14.0 Å². The first-order valence-corrected chi connectivity index (χ1v) is 9.48. The molecule has 150 valence electrons. The summed E-state index contributed by atoms with van der Waals surface area (Å²) >= 11 is 0. The average molecular weight is 394 g/mol. The highest BCUT2D eigenvalue weighted by Gasteiger charge is 2.23. The van der Waals surface area contributed by atoms with Gasteiger partial charge < -0.3 is 20.1 Å². The zero-order valence-corrected chi connectivity index (χ0v) is 16.1. The second-order valence-corrected chi connectivity index (χ2v) is 6.74. The highest BCUT2D eigenvalue weighted by molar-refractivity contribution is 6.06. The number of nitrogens with one attached hydrogen (secondary N) is 2. The summed E-state index contributed by atoms with van der Waals surface area (Å²) in [4.78, 5) is 30.0. The number of fused-ring (bicyclic) bond motifs is 1. The summed E-state index contributed by atoms with van der Waals surface area (Å²) in [6.07, 6.45) is 3.66. The van der Waals surface area contributed by atoms with Crippen molar-refractivity contribution in [2.75, 3.05) is 25.6 Å². The maximum absolute atomic E-state index is 12.9. The van der Waals surface area contributed by atoms with E-state index in [9.17, 15) is 9.59 Å². The van der Waals surface area contributed by atoms with E-state index < -0.39 is 5.91 Å². The second kappa shape index (κ2) is 8.32. The molecule has 1 aliphatic heterocycles. The molecule has 29 heavy (non-hydrogen) atoms. The number of imidazole rings is 1. The van der Waals surface area contributed by atoms with Gasteiger partial charge >= 0.3 is 0 Å². The Morgan fingerprint density at radius 2 is 2.03 bits per heavy atom. The molecule has 1 saturated heterocycles. The van der Waals surface area contributed by atoms with Crippen molar-refractivity contribution in [1.82, 2.24) is 14.7 Å². The number of para-hydroxylation sites is 2. The van der Waals surface area contributed by atoms with Gasteiger partial charge in [0.05, 0.1) is 24.4 Å². The Labute approximate surface area is 167 Å². The molecular weight excluding hydrogens is 372 g/mol. The molecular formula is C21H22N4O4. The number of hydrogen-bond donors (Lipinski definition) is 2. The number of carbonyl (C=O) groups is 2. The van der Waals surface area contributed by atoms with Crippen molar-refractivity contribution >= 4 is 23.0 Å². The number of ether oxygens (including phenoxy) is 2. The average Bonchev–Trinajstić information content (AvgIpc) is 3.40. The predicted molar refractivity (Wildman–Crippen MR) is 107 cm³/mol. The topological polar surface area (TPSA) is 94.0 Å². The summed E-state index contributed by atoms with van der Waals surface area (Å²) in [5.41, 5.74) is 1.29. The van der Waals surface area contributed by atoms with E-state index in [1.165, 1.54) is 7.11 Å². The van der Waals surface area contributed by atoms with E-state index in [0.717, 1.165) is 19.4 Å². The van der Waals surface area contributed by atoms with Crippen LogP contribution in [0.1, 0.15) is 33.9 Å². The van der Waals surface area contributed by atoms with Gasteiger partial charge in [-0.05, 0) is 37.1 Å². The molecule has 0 bridgehead atoms. The summed E-state index contributed by atoms with van der Waals surface area (Å²) in [6, 6.07) is 12.4. The van der Waals surface area contributed by atoms with Gasteiger partial charge in [-0.1, -0.05) is 18.2 Å². The van der Waals surface area contributed by atoms with Crippen LogP contribution in [0, 0.1) is 0 Å². The Balaban J connectivity index is 1.59. The molecule has 8 heteroatoms. The van der Waals surface area contributed by atoms with Crippen LogP contribution >= 0.6 is 0 Å².